The molecule has 7 nitrogen and oxygen atoms in total. The van der Waals surface area contributed by atoms with E-state index in [1.54, 1.807) is 11.2 Å². The molecule has 0 atom stereocenters. The number of aryl methyl sites for hydroxylation is 1. The number of piperidine rings is 1. The van der Waals surface area contributed by atoms with Gasteiger partial charge in [0.25, 0.3) is 0 Å². The van der Waals surface area contributed by atoms with Crippen molar-refractivity contribution < 1.29 is 9.59 Å². The Morgan fingerprint density at radius 1 is 1.19 bits per heavy atom. The quantitative estimate of drug-likeness (QED) is 0.823. The largest absolute Gasteiger partial charge is 0.353 e. The van der Waals surface area contributed by atoms with E-state index in [4.69, 9.17) is 5.73 Å². The van der Waals surface area contributed by atoms with Gasteiger partial charge in [-0.2, -0.15) is 0 Å². The molecular weight excluding hydrogens is 330 g/mol. The van der Waals surface area contributed by atoms with Crippen LogP contribution in [0.1, 0.15) is 30.5 Å². The van der Waals surface area contributed by atoms with E-state index in [-0.39, 0.29) is 18.0 Å². The van der Waals surface area contributed by atoms with Crippen molar-refractivity contribution in [1.29, 1.82) is 0 Å². The number of benzene rings is 1. The van der Waals surface area contributed by atoms with Gasteiger partial charge in [0, 0.05) is 38.3 Å². The predicted octanol–water partition coefficient (Wildman–Crippen LogP) is 1.52. The van der Waals surface area contributed by atoms with Crippen LogP contribution in [0.5, 0.6) is 0 Å². The maximum atomic E-state index is 12.1. The Morgan fingerprint density at radius 2 is 1.92 bits per heavy atom. The van der Waals surface area contributed by atoms with Crippen LogP contribution in [-0.4, -0.2) is 45.5 Å². The van der Waals surface area contributed by atoms with Gasteiger partial charge in [0.1, 0.15) is 0 Å². The van der Waals surface area contributed by atoms with Crippen molar-refractivity contribution in [1.82, 2.24) is 19.8 Å². The van der Waals surface area contributed by atoms with Crippen LogP contribution in [0.3, 0.4) is 0 Å². The maximum Gasteiger partial charge on any atom is 0.314 e. The number of nitrogens with two attached hydrogens (primary N) is 1. The number of carbonyl (C=O) groups excluding carboxylic acids is 2. The fourth-order valence-electron chi connectivity index (χ4n) is 3.20. The third-order valence-corrected chi connectivity index (χ3v) is 4.67. The number of imidazole rings is 1. The van der Waals surface area contributed by atoms with Gasteiger partial charge in [0.15, 0.2) is 0 Å². The minimum absolute atomic E-state index is 0.0279. The average molecular weight is 355 g/mol. The molecule has 26 heavy (non-hydrogen) atoms. The first-order valence-corrected chi connectivity index (χ1v) is 8.98. The Morgan fingerprint density at radius 3 is 2.62 bits per heavy atom. The summed E-state index contributed by atoms with van der Waals surface area (Å²) in [5, 5.41) is 3.04. The summed E-state index contributed by atoms with van der Waals surface area (Å²) in [6, 6.07) is 9.93. The molecule has 0 spiro atoms. The van der Waals surface area contributed by atoms with Crippen molar-refractivity contribution in [2.75, 3.05) is 13.1 Å². The molecule has 0 aliphatic carbocycles. The molecular formula is C19H25N5O2. The van der Waals surface area contributed by atoms with Gasteiger partial charge in [0.05, 0.1) is 12.0 Å². The topological polar surface area (TPSA) is 93.3 Å². The Bertz CT molecular complexity index is 735. The van der Waals surface area contributed by atoms with Crippen LogP contribution in [0, 0.1) is 0 Å². The SMILES string of the molecule is NC(=O)N1CCC(NC(=O)CCc2cn(Cc3ccccc3)cn2)CC1. The van der Waals surface area contributed by atoms with Crippen LogP contribution < -0.4 is 11.1 Å². The molecule has 138 valence electrons. The van der Waals surface area contributed by atoms with Crippen LogP contribution in [0.25, 0.3) is 0 Å². The first-order valence-electron chi connectivity index (χ1n) is 8.98. The molecule has 1 fully saturated rings. The van der Waals surface area contributed by atoms with E-state index in [1.807, 2.05) is 29.0 Å². The summed E-state index contributed by atoms with van der Waals surface area (Å²) >= 11 is 0. The molecule has 0 unspecified atom stereocenters. The molecule has 0 bridgehead atoms. The molecule has 7 heteroatoms. The predicted molar refractivity (Wildman–Crippen MR) is 98.4 cm³/mol. The number of hydrogen-bond acceptors (Lipinski definition) is 3. The van der Waals surface area contributed by atoms with Gasteiger partial charge in [0.2, 0.25) is 5.91 Å². The van der Waals surface area contributed by atoms with Gasteiger partial charge in [-0.25, -0.2) is 9.78 Å². The van der Waals surface area contributed by atoms with Crippen LogP contribution in [0.15, 0.2) is 42.9 Å². The van der Waals surface area contributed by atoms with Crippen LogP contribution >= 0.6 is 0 Å². The van der Waals surface area contributed by atoms with E-state index < -0.39 is 0 Å². The second kappa shape index (κ2) is 8.51. The molecule has 1 aromatic carbocycles. The molecule has 1 saturated heterocycles. The number of urea groups is 1. The van der Waals surface area contributed by atoms with Gasteiger partial charge >= 0.3 is 6.03 Å². The summed E-state index contributed by atoms with van der Waals surface area (Å²) in [5.41, 5.74) is 7.40. The Balaban J connectivity index is 1.40. The number of nitrogens with zero attached hydrogens (tertiary/aromatic N) is 3. The van der Waals surface area contributed by atoms with E-state index in [0.717, 1.165) is 25.1 Å². The first-order chi connectivity index (χ1) is 12.6. The summed E-state index contributed by atoms with van der Waals surface area (Å²) in [6.07, 6.45) is 6.33. The number of primary amides is 1. The van der Waals surface area contributed by atoms with Crippen molar-refractivity contribution in [2.24, 2.45) is 5.73 Å². The third-order valence-electron chi connectivity index (χ3n) is 4.67. The number of nitrogens with one attached hydrogen (secondary N) is 1. The third kappa shape index (κ3) is 5.08. The molecule has 1 aliphatic heterocycles. The molecule has 0 radical (unpaired) electrons. The normalized spacial score (nSPS) is 15.0. The van der Waals surface area contributed by atoms with Gasteiger partial charge < -0.3 is 20.5 Å². The highest BCUT2D eigenvalue weighted by Gasteiger charge is 2.22. The summed E-state index contributed by atoms with van der Waals surface area (Å²) in [6.45, 7) is 1.98. The van der Waals surface area contributed by atoms with Crippen molar-refractivity contribution in [3.05, 3.63) is 54.1 Å². The second-order valence-corrected chi connectivity index (χ2v) is 6.69. The first kappa shape index (κ1) is 18.0. The molecule has 2 heterocycles. The van der Waals surface area contributed by atoms with Gasteiger partial charge in [-0.15, -0.1) is 0 Å². The average Bonchev–Trinajstić information content (AvgIpc) is 3.09. The summed E-state index contributed by atoms with van der Waals surface area (Å²) < 4.78 is 2.03. The molecule has 2 aromatic rings. The number of amides is 3. The lowest BCUT2D eigenvalue weighted by molar-refractivity contribution is -0.122. The second-order valence-electron chi connectivity index (χ2n) is 6.69. The Kier molecular flexibility index (Phi) is 5.88. The fourth-order valence-corrected chi connectivity index (χ4v) is 3.20. The van der Waals surface area contributed by atoms with Gasteiger partial charge in [-0.3, -0.25) is 4.79 Å². The molecule has 0 saturated carbocycles. The zero-order chi connectivity index (χ0) is 18.4. The standard InChI is InChI=1S/C19H25N5O2/c20-19(26)24-10-8-16(9-11-24)22-18(25)7-6-17-13-23(14-21-17)12-15-4-2-1-3-5-15/h1-5,13-14,16H,6-12H2,(H2,20,26)(H,22,25). The maximum absolute atomic E-state index is 12.1. The zero-order valence-corrected chi connectivity index (χ0v) is 14.8. The van der Waals surface area contributed by atoms with Crippen molar-refractivity contribution in [2.45, 2.75) is 38.3 Å². The highest BCUT2D eigenvalue weighted by Crippen LogP contribution is 2.11. The van der Waals surface area contributed by atoms with Gasteiger partial charge in [-0.1, -0.05) is 30.3 Å². The monoisotopic (exact) mass is 355 g/mol. The molecule has 3 N–H and O–H groups in total. The smallest absolute Gasteiger partial charge is 0.314 e. The highest BCUT2D eigenvalue weighted by molar-refractivity contribution is 5.76. The lowest BCUT2D eigenvalue weighted by Crippen LogP contribution is -2.48. The number of likely N-dealkylation sites (tertiary alicyclic amines) is 1. The van der Waals surface area contributed by atoms with Crippen molar-refractivity contribution in [3.63, 3.8) is 0 Å². The van der Waals surface area contributed by atoms with E-state index >= 15 is 0 Å². The molecule has 1 aromatic heterocycles. The summed E-state index contributed by atoms with van der Waals surface area (Å²) in [7, 11) is 0. The molecule has 1 aliphatic rings. The van der Waals surface area contributed by atoms with E-state index in [2.05, 4.69) is 22.4 Å². The Labute approximate surface area is 153 Å². The van der Waals surface area contributed by atoms with Crippen LogP contribution in [0.2, 0.25) is 0 Å². The van der Waals surface area contributed by atoms with Crippen LogP contribution in [0.4, 0.5) is 4.79 Å². The molecule has 3 amide bonds. The number of aromatic nitrogens is 2. The van der Waals surface area contributed by atoms with Crippen molar-refractivity contribution >= 4 is 11.9 Å². The number of rotatable bonds is 6. The van der Waals surface area contributed by atoms with Crippen molar-refractivity contribution in [3.8, 4) is 0 Å². The zero-order valence-electron chi connectivity index (χ0n) is 14.8. The molecule has 3 rings (SSSR count). The lowest BCUT2D eigenvalue weighted by Gasteiger charge is -2.31. The summed E-state index contributed by atoms with van der Waals surface area (Å²) in [5.74, 6) is 0.0279. The summed E-state index contributed by atoms with van der Waals surface area (Å²) in [4.78, 5) is 29.3. The van der Waals surface area contributed by atoms with E-state index in [0.29, 0.717) is 25.9 Å². The van der Waals surface area contributed by atoms with E-state index in [1.165, 1.54) is 5.56 Å². The Hall–Kier alpha value is -2.83. The van der Waals surface area contributed by atoms with Crippen LogP contribution in [-0.2, 0) is 17.8 Å². The van der Waals surface area contributed by atoms with E-state index in [9.17, 15) is 9.59 Å². The van der Waals surface area contributed by atoms with Gasteiger partial charge in [-0.05, 0) is 24.8 Å². The minimum atomic E-state index is -0.388. The minimum Gasteiger partial charge on any atom is -0.353 e. The highest BCUT2D eigenvalue weighted by atomic mass is 16.2. The lowest BCUT2D eigenvalue weighted by atomic mass is 10.0. The number of carbonyl (C=O) groups is 2. The fraction of sp³-hybridized carbons (Fsp3) is 0.421. The number of hydrogen-bond donors (Lipinski definition) is 2.